The molecular weight excluding hydrogens is 504 g/mol. The van der Waals surface area contributed by atoms with E-state index in [4.69, 9.17) is 22.2 Å². The number of anilines is 2. The SMILES string of the molecule is CCCn1cc(-c2cnc(N)c(/C(=N/N)N(N)c3ccc(OCCCCN4CCCCC4)c(F)c3F)c2)cn1. The number of nitrogen functional groups attached to an aromatic ring is 1. The minimum Gasteiger partial charge on any atom is -0.490 e. The number of nitrogens with two attached hydrogens (primary N) is 3. The minimum absolute atomic E-state index is 0.0738. The molecular formula is C27H37F2N9O. The van der Waals surface area contributed by atoms with Crippen LogP contribution in [-0.4, -0.2) is 51.7 Å². The van der Waals surface area contributed by atoms with Crippen molar-refractivity contribution >= 4 is 17.3 Å². The Hall–Kier alpha value is -3.77. The Balaban J connectivity index is 1.44. The molecule has 12 heteroatoms. The second-order valence-electron chi connectivity index (χ2n) is 9.64. The molecule has 210 valence electrons. The molecule has 0 radical (unpaired) electrons. The van der Waals surface area contributed by atoms with Gasteiger partial charge in [0.05, 0.1) is 24.1 Å². The van der Waals surface area contributed by atoms with Crippen LogP contribution in [0.3, 0.4) is 0 Å². The van der Waals surface area contributed by atoms with Crippen LogP contribution in [0.15, 0.2) is 41.9 Å². The zero-order chi connectivity index (χ0) is 27.8. The lowest BCUT2D eigenvalue weighted by atomic mass is 10.1. The fourth-order valence-electron chi connectivity index (χ4n) is 4.67. The lowest BCUT2D eigenvalue weighted by Gasteiger charge is -2.26. The maximum atomic E-state index is 15.1. The lowest BCUT2D eigenvalue weighted by molar-refractivity contribution is 0.214. The summed E-state index contributed by atoms with van der Waals surface area (Å²) in [5.41, 5.74) is 7.55. The average molecular weight is 542 g/mol. The molecule has 10 nitrogen and oxygen atoms in total. The van der Waals surface area contributed by atoms with Crippen molar-refractivity contribution in [2.24, 2.45) is 16.8 Å². The Kier molecular flexibility index (Phi) is 9.66. The van der Waals surface area contributed by atoms with Crippen molar-refractivity contribution in [2.45, 2.75) is 52.0 Å². The summed E-state index contributed by atoms with van der Waals surface area (Å²) in [6, 6.07) is 4.33. The van der Waals surface area contributed by atoms with Crippen molar-refractivity contribution in [1.82, 2.24) is 19.7 Å². The molecule has 2 aromatic heterocycles. The number of aryl methyl sites for hydroxylation is 1. The van der Waals surface area contributed by atoms with Crippen LogP contribution in [0.1, 0.15) is 51.0 Å². The summed E-state index contributed by atoms with van der Waals surface area (Å²) in [6.07, 6.45) is 11.5. The van der Waals surface area contributed by atoms with Gasteiger partial charge in [0.15, 0.2) is 17.4 Å². The van der Waals surface area contributed by atoms with Crippen LogP contribution in [0.5, 0.6) is 5.75 Å². The van der Waals surface area contributed by atoms with E-state index in [1.807, 2.05) is 10.9 Å². The van der Waals surface area contributed by atoms with Crippen LogP contribution >= 0.6 is 0 Å². The van der Waals surface area contributed by atoms with Crippen LogP contribution < -0.4 is 27.2 Å². The molecule has 3 heterocycles. The molecule has 0 unspecified atom stereocenters. The average Bonchev–Trinajstić information content (AvgIpc) is 3.41. The first-order valence-electron chi connectivity index (χ1n) is 13.4. The maximum Gasteiger partial charge on any atom is 0.202 e. The number of likely N-dealkylation sites (tertiary alicyclic amines) is 1. The fourth-order valence-corrected chi connectivity index (χ4v) is 4.67. The van der Waals surface area contributed by atoms with Gasteiger partial charge in [-0.05, 0) is 69.9 Å². The monoisotopic (exact) mass is 541 g/mol. The smallest absolute Gasteiger partial charge is 0.202 e. The van der Waals surface area contributed by atoms with Gasteiger partial charge in [0, 0.05) is 30.1 Å². The Morgan fingerprint density at radius 2 is 1.87 bits per heavy atom. The highest BCUT2D eigenvalue weighted by Gasteiger charge is 2.24. The van der Waals surface area contributed by atoms with E-state index in [0.29, 0.717) is 5.56 Å². The second kappa shape index (κ2) is 13.3. The molecule has 1 saturated heterocycles. The van der Waals surface area contributed by atoms with Crippen molar-refractivity contribution in [3.8, 4) is 16.9 Å². The zero-order valence-electron chi connectivity index (χ0n) is 22.3. The Bertz CT molecular complexity index is 1270. The summed E-state index contributed by atoms with van der Waals surface area (Å²) in [6.45, 7) is 6.35. The number of ether oxygens (including phenoxy) is 1. The van der Waals surface area contributed by atoms with Gasteiger partial charge in [-0.25, -0.2) is 15.2 Å². The van der Waals surface area contributed by atoms with E-state index in [9.17, 15) is 4.39 Å². The number of hydrazine groups is 1. The highest BCUT2D eigenvalue weighted by molar-refractivity contribution is 6.12. The van der Waals surface area contributed by atoms with Crippen LogP contribution in [0.2, 0.25) is 0 Å². The number of nitrogens with zero attached hydrogens (tertiary/aromatic N) is 6. The highest BCUT2D eigenvalue weighted by atomic mass is 19.2. The predicted molar refractivity (Wildman–Crippen MR) is 149 cm³/mol. The van der Waals surface area contributed by atoms with Gasteiger partial charge in [-0.2, -0.15) is 14.6 Å². The van der Waals surface area contributed by atoms with Crippen LogP contribution in [0.25, 0.3) is 11.1 Å². The van der Waals surface area contributed by atoms with E-state index in [-0.39, 0.29) is 35.3 Å². The molecule has 0 saturated carbocycles. The summed E-state index contributed by atoms with van der Waals surface area (Å²) in [7, 11) is 0. The number of aromatic nitrogens is 3. The van der Waals surface area contributed by atoms with Gasteiger partial charge >= 0.3 is 0 Å². The normalized spacial score (nSPS) is 14.5. The second-order valence-corrected chi connectivity index (χ2v) is 9.64. The molecule has 0 bridgehead atoms. The third kappa shape index (κ3) is 6.82. The zero-order valence-corrected chi connectivity index (χ0v) is 22.3. The maximum absolute atomic E-state index is 15.1. The molecule has 0 spiro atoms. The number of amidine groups is 1. The van der Waals surface area contributed by atoms with Crippen molar-refractivity contribution in [1.29, 1.82) is 0 Å². The topological polar surface area (TPSA) is 137 Å². The molecule has 1 fully saturated rings. The van der Waals surface area contributed by atoms with Gasteiger partial charge in [0.1, 0.15) is 5.82 Å². The Morgan fingerprint density at radius 1 is 1.08 bits per heavy atom. The van der Waals surface area contributed by atoms with E-state index in [2.05, 4.69) is 27.0 Å². The first-order chi connectivity index (χ1) is 18.9. The molecule has 6 N–H and O–H groups in total. The first kappa shape index (κ1) is 28.2. The molecule has 39 heavy (non-hydrogen) atoms. The van der Waals surface area contributed by atoms with E-state index >= 15 is 4.39 Å². The van der Waals surface area contributed by atoms with Crippen molar-refractivity contribution < 1.29 is 13.5 Å². The number of hydrogen-bond acceptors (Lipinski definition) is 8. The molecule has 0 atom stereocenters. The summed E-state index contributed by atoms with van der Waals surface area (Å²) in [5.74, 6) is 9.29. The highest BCUT2D eigenvalue weighted by Crippen LogP contribution is 2.30. The van der Waals surface area contributed by atoms with E-state index in [0.717, 1.165) is 56.0 Å². The summed E-state index contributed by atoms with van der Waals surface area (Å²) in [5, 5.41) is 8.89. The van der Waals surface area contributed by atoms with Gasteiger partial charge in [0.2, 0.25) is 5.82 Å². The van der Waals surface area contributed by atoms with Gasteiger partial charge in [-0.3, -0.25) is 9.69 Å². The molecule has 1 aliphatic heterocycles. The number of unbranched alkanes of at least 4 members (excludes halogenated alkanes) is 1. The van der Waals surface area contributed by atoms with Crippen molar-refractivity contribution in [3.63, 3.8) is 0 Å². The summed E-state index contributed by atoms with van der Waals surface area (Å²) < 4.78 is 37.4. The van der Waals surface area contributed by atoms with Crippen LogP contribution in [0, 0.1) is 11.6 Å². The number of hydrogen-bond donors (Lipinski definition) is 3. The third-order valence-electron chi connectivity index (χ3n) is 6.79. The number of pyridine rings is 1. The first-order valence-corrected chi connectivity index (χ1v) is 13.4. The number of piperidine rings is 1. The lowest BCUT2D eigenvalue weighted by Crippen LogP contribution is -2.40. The molecule has 1 aliphatic rings. The van der Waals surface area contributed by atoms with Gasteiger partial charge in [0.25, 0.3) is 0 Å². The quantitative estimate of drug-likeness (QED) is 0.109. The molecule has 3 aromatic rings. The fraction of sp³-hybridized carbons (Fsp3) is 0.444. The Labute approximate surface area is 227 Å². The molecule has 0 amide bonds. The van der Waals surface area contributed by atoms with Crippen LogP contribution in [-0.2, 0) is 6.54 Å². The molecule has 0 aliphatic carbocycles. The third-order valence-corrected chi connectivity index (χ3v) is 6.79. The van der Waals surface area contributed by atoms with Gasteiger partial charge in [-0.1, -0.05) is 13.3 Å². The van der Waals surface area contributed by atoms with Gasteiger partial charge < -0.3 is 21.2 Å². The van der Waals surface area contributed by atoms with E-state index in [1.54, 1.807) is 18.5 Å². The molecule has 1 aromatic carbocycles. The number of hydrazone groups is 1. The predicted octanol–water partition coefficient (Wildman–Crippen LogP) is 3.86. The Morgan fingerprint density at radius 3 is 2.62 bits per heavy atom. The summed E-state index contributed by atoms with van der Waals surface area (Å²) in [4.78, 5) is 6.65. The largest absolute Gasteiger partial charge is 0.490 e. The van der Waals surface area contributed by atoms with E-state index in [1.165, 1.54) is 31.4 Å². The van der Waals surface area contributed by atoms with Crippen LogP contribution in [0.4, 0.5) is 20.3 Å². The minimum atomic E-state index is -1.19. The number of rotatable bonds is 11. The van der Waals surface area contributed by atoms with E-state index < -0.39 is 11.6 Å². The van der Waals surface area contributed by atoms with Crippen molar-refractivity contribution in [2.75, 3.05) is 37.0 Å². The van der Waals surface area contributed by atoms with Crippen molar-refractivity contribution in [3.05, 3.63) is 54.0 Å². The standard InChI is InChI=1S/C27H37F2N9O/c1-2-10-37-18-20(17-34-37)19-15-21(26(30)33-16-19)27(35-31)38(32)22-8-9-23(25(29)24(22)28)39-14-7-6-13-36-11-4-3-5-12-36/h8-9,15-18H,2-7,10-14,31-32H2,1H3,(H2,30,33)/b35-27-. The summed E-state index contributed by atoms with van der Waals surface area (Å²) >= 11 is 0. The number of halogens is 2. The molecule has 4 rings (SSSR count). The number of benzene rings is 1. The van der Waals surface area contributed by atoms with Gasteiger partial charge in [-0.15, -0.1) is 0 Å².